The van der Waals surface area contributed by atoms with E-state index >= 15 is 0 Å². The molecule has 1 aromatic heterocycles. The average molecular weight is 599 g/mol. The van der Waals surface area contributed by atoms with Crippen molar-refractivity contribution < 1.29 is 0 Å². The van der Waals surface area contributed by atoms with Gasteiger partial charge in [-0.15, -0.1) is 11.3 Å². The maximum absolute atomic E-state index is 2.48. The summed E-state index contributed by atoms with van der Waals surface area (Å²) in [5, 5.41) is 16.1. The third kappa shape index (κ3) is 3.23. The summed E-state index contributed by atoms with van der Waals surface area (Å²) in [5.41, 5.74) is 8.25. The zero-order chi connectivity index (χ0) is 29.9. The second kappa shape index (κ2) is 9.03. The Labute approximate surface area is 269 Å². The van der Waals surface area contributed by atoms with Crippen molar-refractivity contribution in [2.45, 2.75) is 6.42 Å². The van der Waals surface area contributed by atoms with Crippen LogP contribution in [0, 0.1) is 0 Å². The summed E-state index contributed by atoms with van der Waals surface area (Å²) in [5.74, 6) is 0. The predicted molar refractivity (Wildman–Crippen MR) is 201 cm³/mol. The molecule has 0 saturated heterocycles. The van der Waals surface area contributed by atoms with Gasteiger partial charge in [0.25, 0.3) is 0 Å². The van der Waals surface area contributed by atoms with Crippen molar-refractivity contribution >= 4 is 85.4 Å². The highest BCUT2D eigenvalue weighted by molar-refractivity contribution is 7.27. The lowest BCUT2D eigenvalue weighted by molar-refractivity contribution is 1.29. The smallest absolute Gasteiger partial charge is 0.0440 e. The molecule has 0 unspecified atom stereocenters. The van der Waals surface area contributed by atoms with Gasteiger partial charge in [0.1, 0.15) is 0 Å². The summed E-state index contributed by atoms with van der Waals surface area (Å²) in [6.07, 6.45) is 0.989. The van der Waals surface area contributed by atoms with E-state index in [2.05, 4.69) is 146 Å². The molecule has 0 aliphatic heterocycles. The van der Waals surface area contributed by atoms with Crippen molar-refractivity contribution in [3.63, 3.8) is 0 Å². The second-order valence-electron chi connectivity index (χ2n) is 12.8. The van der Waals surface area contributed by atoms with E-state index in [-0.39, 0.29) is 0 Å². The molecule has 0 nitrogen and oxygen atoms in total. The molecule has 1 heteroatoms. The molecule has 46 heavy (non-hydrogen) atoms. The first kappa shape index (κ1) is 24.8. The molecule has 9 aromatic carbocycles. The van der Waals surface area contributed by atoms with Crippen molar-refractivity contribution in [1.29, 1.82) is 0 Å². The second-order valence-corrected chi connectivity index (χ2v) is 13.8. The molecule has 11 rings (SSSR count). The fourth-order valence-corrected chi connectivity index (χ4v) is 9.69. The number of hydrogen-bond acceptors (Lipinski definition) is 1. The van der Waals surface area contributed by atoms with Gasteiger partial charge in [0.15, 0.2) is 0 Å². The summed E-state index contributed by atoms with van der Waals surface area (Å²) in [7, 11) is 0. The molecule has 0 bridgehead atoms. The topological polar surface area (TPSA) is 0 Å². The summed E-state index contributed by atoms with van der Waals surface area (Å²) in [6.45, 7) is 0. The molecule has 212 valence electrons. The number of fused-ring (bicyclic) bond motifs is 17. The average Bonchev–Trinajstić information content (AvgIpc) is 3.70. The van der Waals surface area contributed by atoms with Crippen LogP contribution in [0.4, 0.5) is 0 Å². The first-order valence-electron chi connectivity index (χ1n) is 16.1. The zero-order valence-corrected chi connectivity index (χ0v) is 25.8. The third-order valence-electron chi connectivity index (χ3n) is 10.4. The van der Waals surface area contributed by atoms with E-state index in [4.69, 9.17) is 0 Å². The van der Waals surface area contributed by atoms with Crippen molar-refractivity contribution in [3.8, 4) is 22.3 Å². The van der Waals surface area contributed by atoms with Gasteiger partial charge in [-0.25, -0.2) is 0 Å². The van der Waals surface area contributed by atoms with Crippen LogP contribution in [0.3, 0.4) is 0 Å². The van der Waals surface area contributed by atoms with Crippen molar-refractivity contribution in [3.05, 3.63) is 157 Å². The normalized spacial score (nSPS) is 12.7. The Hall–Kier alpha value is -5.50. The van der Waals surface area contributed by atoms with Gasteiger partial charge in [-0.2, -0.15) is 0 Å². The van der Waals surface area contributed by atoms with E-state index in [0.717, 1.165) is 6.42 Å². The Morgan fingerprint density at radius 2 is 1.11 bits per heavy atom. The van der Waals surface area contributed by atoms with Crippen LogP contribution in [0.25, 0.3) is 96.3 Å². The lowest BCUT2D eigenvalue weighted by Gasteiger charge is -2.14. The van der Waals surface area contributed by atoms with Crippen LogP contribution in [0.15, 0.2) is 146 Å². The number of benzene rings is 9. The first-order valence-corrected chi connectivity index (χ1v) is 16.9. The molecule has 0 radical (unpaired) electrons. The summed E-state index contributed by atoms with van der Waals surface area (Å²) in [4.78, 5) is 0. The molecule has 0 amide bonds. The molecule has 0 N–H and O–H groups in total. The van der Waals surface area contributed by atoms with Gasteiger partial charge in [-0.05, 0) is 106 Å². The zero-order valence-electron chi connectivity index (χ0n) is 25.0. The van der Waals surface area contributed by atoms with Crippen LogP contribution in [0.1, 0.15) is 11.1 Å². The minimum Gasteiger partial charge on any atom is -0.135 e. The standard InChI is InChI=1S/C45H26S/c1-5-13-31-26(9-1)17-19-35-38(23-28-11-3-6-14-32(28)42(31)35)29-18-22-41-40(25-29)44-37-21-20-33-30-12-4-2-10-27(30)24-39(33)43(37)34-15-7-8-16-36(34)45(44)46-41/h1-23,25H,24H2. The molecule has 0 atom stereocenters. The quantitative estimate of drug-likeness (QED) is 0.165. The highest BCUT2D eigenvalue weighted by Crippen LogP contribution is 2.50. The number of rotatable bonds is 1. The van der Waals surface area contributed by atoms with Gasteiger partial charge in [0.2, 0.25) is 0 Å². The van der Waals surface area contributed by atoms with E-state index in [1.165, 1.54) is 107 Å². The summed E-state index contributed by atoms with van der Waals surface area (Å²) in [6, 6.07) is 54.7. The van der Waals surface area contributed by atoms with Crippen molar-refractivity contribution in [2.75, 3.05) is 0 Å². The Morgan fingerprint density at radius 1 is 0.391 bits per heavy atom. The molecule has 1 aliphatic carbocycles. The molecule has 10 aromatic rings. The highest BCUT2D eigenvalue weighted by Gasteiger charge is 2.24. The molecular formula is C45H26S. The minimum atomic E-state index is 0.989. The molecule has 1 aliphatic rings. The van der Waals surface area contributed by atoms with E-state index in [1.807, 2.05) is 11.3 Å². The third-order valence-corrected chi connectivity index (χ3v) is 11.7. The predicted octanol–water partition coefficient (Wildman–Crippen LogP) is 13.1. The SMILES string of the molecule is c1ccc2c(c1)Cc1c-2ccc2c1c1ccccc1c1sc3ccc(-c4cc5ccccc5c5c4ccc4ccccc45)cc3c21. The number of hydrogen-bond donors (Lipinski definition) is 0. The van der Waals surface area contributed by atoms with Crippen molar-refractivity contribution in [2.24, 2.45) is 0 Å². The first-order chi connectivity index (χ1) is 22.8. The van der Waals surface area contributed by atoms with Gasteiger partial charge in [-0.3, -0.25) is 0 Å². The van der Waals surface area contributed by atoms with E-state index in [0.29, 0.717) is 0 Å². The van der Waals surface area contributed by atoms with Crippen molar-refractivity contribution in [1.82, 2.24) is 0 Å². The fraction of sp³-hybridized carbons (Fsp3) is 0.0222. The maximum Gasteiger partial charge on any atom is 0.0440 e. The van der Waals surface area contributed by atoms with E-state index in [9.17, 15) is 0 Å². The van der Waals surface area contributed by atoms with Gasteiger partial charge in [0.05, 0.1) is 0 Å². The Balaban J connectivity index is 1.26. The summed E-state index contributed by atoms with van der Waals surface area (Å²) >= 11 is 1.94. The van der Waals surface area contributed by atoms with Gasteiger partial charge < -0.3 is 0 Å². The molecule has 0 fully saturated rings. The van der Waals surface area contributed by atoms with E-state index in [1.54, 1.807) is 0 Å². The molecule has 0 saturated carbocycles. The van der Waals surface area contributed by atoms with Gasteiger partial charge in [0, 0.05) is 25.6 Å². The Kier molecular flexibility index (Phi) is 4.87. The Morgan fingerprint density at radius 3 is 2.00 bits per heavy atom. The monoisotopic (exact) mass is 598 g/mol. The lowest BCUT2D eigenvalue weighted by atomic mass is 9.89. The van der Waals surface area contributed by atoms with Crippen LogP contribution in [0.5, 0.6) is 0 Å². The molecular weight excluding hydrogens is 573 g/mol. The maximum atomic E-state index is 2.48. The van der Waals surface area contributed by atoms with Crippen LogP contribution in [-0.2, 0) is 6.42 Å². The molecule has 1 heterocycles. The van der Waals surface area contributed by atoms with Crippen LogP contribution in [-0.4, -0.2) is 0 Å². The van der Waals surface area contributed by atoms with Crippen LogP contribution < -0.4 is 0 Å². The van der Waals surface area contributed by atoms with Crippen LogP contribution in [0.2, 0.25) is 0 Å². The lowest BCUT2D eigenvalue weighted by Crippen LogP contribution is -1.88. The van der Waals surface area contributed by atoms with E-state index < -0.39 is 0 Å². The van der Waals surface area contributed by atoms with Gasteiger partial charge in [-0.1, -0.05) is 127 Å². The largest absolute Gasteiger partial charge is 0.135 e. The number of thiophene rings is 1. The fourth-order valence-electron chi connectivity index (χ4n) is 8.46. The van der Waals surface area contributed by atoms with Crippen LogP contribution >= 0.6 is 11.3 Å². The Bertz CT molecular complexity index is 2920. The summed E-state index contributed by atoms with van der Waals surface area (Å²) < 4.78 is 2.73. The molecule has 0 spiro atoms. The van der Waals surface area contributed by atoms with Gasteiger partial charge >= 0.3 is 0 Å². The highest BCUT2D eigenvalue weighted by atomic mass is 32.1. The minimum absolute atomic E-state index is 0.989.